The number of benzene rings is 2. The Morgan fingerprint density at radius 3 is 2.39 bits per heavy atom. The van der Waals surface area contributed by atoms with Crippen LogP contribution < -0.4 is 16.0 Å². The second-order valence-electron chi connectivity index (χ2n) is 6.83. The number of anilines is 3. The lowest BCUT2D eigenvalue weighted by molar-refractivity contribution is 0.102. The third kappa shape index (κ3) is 4.08. The molecule has 4 nitrogen and oxygen atoms in total. The molecule has 0 saturated heterocycles. The number of nitrogens with one attached hydrogen (secondary N) is 3. The third-order valence-electron chi connectivity index (χ3n) is 4.72. The van der Waals surface area contributed by atoms with Crippen LogP contribution in [0.2, 0.25) is 0 Å². The Morgan fingerprint density at radius 2 is 1.64 bits per heavy atom. The van der Waals surface area contributed by atoms with Gasteiger partial charge in [-0.15, -0.1) is 11.3 Å². The van der Waals surface area contributed by atoms with Crippen LogP contribution in [-0.4, -0.2) is 11.0 Å². The fraction of sp³-hybridized carbons (Fsp3) is 0.182. The minimum absolute atomic E-state index is 0.0896. The van der Waals surface area contributed by atoms with Gasteiger partial charge in [-0.2, -0.15) is 0 Å². The summed E-state index contributed by atoms with van der Waals surface area (Å²) in [5, 5.41) is 10.7. The summed E-state index contributed by atoms with van der Waals surface area (Å²) in [5.41, 5.74) is 4.74. The SMILES string of the molecule is Cc1ccc(NC(=O)c2c(NC(=S)Nc3ccccc3)sc3c2CCC3)cc1. The molecule has 1 aliphatic rings. The van der Waals surface area contributed by atoms with E-state index < -0.39 is 0 Å². The van der Waals surface area contributed by atoms with Crippen LogP contribution in [0.25, 0.3) is 0 Å². The molecular weight excluding hydrogens is 386 g/mol. The van der Waals surface area contributed by atoms with Crippen molar-refractivity contribution in [3.05, 3.63) is 76.2 Å². The molecule has 1 aromatic heterocycles. The number of aryl methyl sites for hydroxylation is 2. The molecule has 3 aromatic rings. The predicted molar refractivity (Wildman–Crippen MR) is 122 cm³/mol. The number of carbonyl (C=O) groups is 1. The van der Waals surface area contributed by atoms with E-state index in [0.29, 0.717) is 5.11 Å². The lowest BCUT2D eigenvalue weighted by Gasteiger charge is -2.12. The van der Waals surface area contributed by atoms with Gasteiger partial charge in [0.15, 0.2) is 5.11 Å². The first-order valence-electron chi connectivity index (χ1n) is 9.26. The van der Waals surface area contributed by atoms with Crippen molar-refractivity contribution in [3.63, 3.8) is 0 Å². The Bertz CT molecular complexity index is 1010. The molecule has 2 aromatic carbocycles. The van der Waals surface area contributed by atoms with Crippen molar-refractivity contribution in [1.29, 1.82) is 0 Å². The lowest BCUT2D eigenvalue weighted by atomic mass is 10.1. The fourth-order valence-electron chi connectivity index (χ4n) is 3.35. The van der Waals surface area contributed by atoms with E-state index in [9.17, 15) is 4.79 Å². The van der Waals surface area contributed by atoms with Crippen LogP contribution in [0.15, 0.2) is 54.6 Å². The maximum atomic E-state index is 13.1. The smallest absolute Gasteiger partial charge is 0.258 e. The van der Waals surface area contributed by atoms with Gasteiger partial charge in [-0.05, 0) is 68.2 Å². The van der Waals surface area contributed by atoms with Crippen molar-refractivity contribution < 1.29 is 4.79 Å². The maximum absolute atomic E-state index is 13.1. The van der Waals surface area contributed by atoms with Crippen molar-refractivity contribution in [1.82, 2.24) is 0 Å². The summed E-state index contributed by atoms with van der Waals surface area (Å²) >= 11 is 7.10. The zero-order valence-electron chi connectivity index (χ0n) is 15.5. The number of fused-ring (bicyclic) bond motifs is 1. The first-order valence-corrected chi connectivity index (χ1v) is 10.5. The predicted octanol–water partition coefficient (Wildman–Crippen LogP) is 5.61. The largest absolute Gasteiger partial charge is 0.332 e. The van der Waals surface area contributed by atoms with E-state index in [-0.39, 0.29) is 5.91 Å². The average Bonchev–Trinajstić information content (AvgIpc) is 3.25. The summed E-state index contributed by atoms with van der Waals surface area (Å²) in [4.78, 5) is 14.3. The van der Waals surface area contributed by atoms with Crippen molar-refractivity contribution in [2.75, 3.05) is 16.0 Å². The van der Waals surface area contributed by atoms with E-state index in [2.05, 4.69) is 16.0 Å². The number of rotatable bonds is 4. The first kappa shape index (κ1) is 18.7. The molecule has 0 radical (unpaired) electrons. The van der Waals surface area contributed by atoms with Gasteiger partial charge < -0.3 is 16.0 Å². The standard InChI is InChI=1S/C22H21N3OS2/c1-14-10-12-16(13-11-14)23-20(26)19-17-8-5-9-18(17)28-21(19)25-22(27)24-15-6-3-2-4-7-15/h2-4,6-7,10-13H,5,8-9H2,1H3,(H,23,26)(H2,24,25,27). The molecule has 0 spiro atoms. The van der Waals surface area contributed by atoms with Crippen molar-refractivity contribution in [2.24, 2.45) is 0 Å². The number of carbonyl (C=O) groups excluding carboxylic acids is 1. The van der Waals surface area contributed by atoms with Crippen molar-refractivity contribution in [3.8, 4) is 0 Å². The summed E-state index contributed by atoms with van der Waals surface area (Å²) in [5.74, 6) is -0.0896. The highest BCUT2D eigenvalue weighted by molar-refractivity contribution is 7.80. The van der Waals surface area contributed by atoms with Gasteiger partial charge in [0, 0.05) is 16.3 Å². The molecule has 28 heavy (non-hydrogen) atoms. The number of hydrogen-bond acceptors (Lipinski definition) is 3. The molecule has 1 amide bonds. The second kappa shape index (κ2) is 8.12. The van der Waals surface area contributed by atoms with Crippen molar-refractivity contribution in [2.45, 2.75) is 26.2 Å². The van der Waals surface area contributed by atoms with Crippen molar-refractivity contribution >= 4 is 51.0 Å². The number of hydrogen-bond donors (Lipinski definition) is 3. The monoisotopic (exact) mass is 407 g/mol. The van der Waals surface area contributed by atoms with Gasteiger partial charge in [-0.1, -0.05) is 35.9 Å². The van der Waals surface area contributed by atoms with E-state index in [1.165, 1.54) is 4.88 Å². The van der Waals surface area contributed by atoms with Gasteiger partial charge in [0.05, 0.1) is 5.56 Å². The van der Waals surface area contributed by atoms with Gasteiger partial charge >= 0.3 is 0 Å². The fourth-order valence-corrected chi connectivity index (χ4v) is 4.93. The van der Waals surface area contributed by atoms with Crippen LogP contribution in [0.1, 0.15) is 32.8 Å². The van der Waals surface area contributed by atoms with E-state index in [1.807, 2.05) is 61.5 Å². The molecular formula is C22H21N3OS2. The highest BCUT2D eigenvalue weighted by atomic mass is 32.1. The summed E-state index contributed by atoms with van der Waals surface area (Å²) < 4.78 is 0. The lowest BCUT2D eigenvalue weighted by Crippen LogP contribution is -2.21. The van der Waals surface area contributed by atoms with Crippen LogP contribution in [-0.2, 0) is 12.8 Å². The molecule has 0 aliphatic heterocycles. The first-order chi connectivity index (χ1) is 13.6. The van der Waals surface area contributed by atoms with E-state index >= 15 is 0 Å². The Kier molecular flexibility index (Phi) is 5.41. The molecule has 142 valence electrons. The van der Waals surface area contributed by atoms with Crippen LogP contribution in [0.4, 0.5) is 16.4 Å². The Morgan fingerprint density at radius 1 is 0.929 bits per heavy atom. The summed E-state index contributed by atoms with van der Waals surface area (Å²) in [7, 11) is 0. The van der Waals surface area contributed by atoms with E-state index in [1.54, 1.807) is 11.3 Å². The number of para-hydroxylation sites is 1. The van der Waals surface area contributed by atoms with E-state index in [0.717, 1.165) is 52.3 Å². The summed E-state index contributed by atoms with van der Waals surface area (Å²) in [6.07, 6.45) is 3.05. The number of amides is 1. The third-order valence-corrected chi connectivity index (χ3v) is 6.13. The Hall–Kier alpha value is -2.70. The quantitative estimate of drug-likeness (QED) is 0.492. The Balaban J connectivity index is 1.55. The topological polar surface area (TPSA) is 53.2 Å². The minimum atomic E-state index is -0.0896. The highest BCUT2D eigenvalue weighted by Crippen LogP contribution is 2.39. The second-order valence-corrected chi connectivity index (χ2v) is 8.34. The molecule has 0 saturated carbocycles. The van der Waals surface area contributed by atoms with Gasteiger partial charge in [-0.3, -0.25) is 4.79 Å². The number of thiocarbonyl (C=S) groups is 1. The molecule has 0 unspecified atom stereocenters. The normalized spacial score (nSPS) is 12.3. The van der Waals surface area contributed by atoms with Crippen LogP contribution in [0, 0.1) is 6.92 Å². The molecule has 6 heteroatoms. The maximum Gasteiger partial charge on any atom is 0.258 e. The van der Waals surface area contributed by atoms with Gasteiger partial charge in [0.1, 0.15) is 5.00 Å². The Labute approximate surface area is 174 Å². The minimum Gasteiger partial charge on any atom is -0.332 e. The van der Waals surface area contributed by atoms with Gasteiger partial charge in [0.25, 0.3) is 5.91 Å². The molecule has 1 heterocycles. The zero-order chi connectivity index (χ0) is 19.5. The molecule has 3 N–H and O–H groups in total. The van der Waals surface area contributed by atoms with Crippen LogP contribution >= 0.6 is 23.6 Å². The summed E-state index contributed by atoms with van der Waals surface area (Å²) in [6, 6.07) is 17.6. The zero-order valence-corrected chi connectivity index (χ0v) is 17.2. The molecule has 0 fully saturated rings. The van der Waals surface area contributed by atoms with Gasteiger partial charge in [0.2, 0.25) is 0 Å². The molecule has 0 bridgehead atoms. The van der Waals surface area contributed by atoms with E-state index in [4.69, 9.17) is 12.2 Å². The van der Waals surface area contributed by atoms with Crippen LogP contribution in [0.5, 0.6) is 0 Å². The summed E-state index contributed by atoms with van der Waals surface area (Å²) in [6.45, 7) is 2.03. The van der Waals surface area contributed by atoms with Gasteiger partial charge in [-0.25, -0.2) is 0 Å². The number of thiophene rings is 1. The molecule has 1 aliphatic carbocycles. The molecule has 4 rings (SSSR count). The average molecular weight is 408 g/mol. The highest BCUT2D eigenvalue weighted by Gasteiger charge is 2.27. The van der Waals surface area contributed by atoms with Crippen LogP contribution in [0.3, 0.4) is 0 Å². The molecule has 0 atom stereocenters.